The molecule has 2 aromatic carbocycles. The normalized spacial score (nSPS) is 10.2. The van der Waals surface area contributed by atoms with Crippen molar-refractivity contribution in [3.8, 4) is 17.2 Å². The average Bonchev–Trinajstić information content (AvgIpc) is 2.59. The van der Waals surface area contributed by atoms with E-state index >= 15 is 0 Å². The standard InChI is InChI=1S/C18H14Cl3FO4/c1-3-25-18(23)16(17(20)21)12-8-15(13(19)9-14(12)22)26-11-6-4-5-10(7-11)24-2/h4-9H,3H2,1-2H3. The fourth-order valence-electron chi connectivity index (χ4n) is 2.08. The predicted octanol–water partition coefficient (Wildman–Crippen LogP) is 5.99. The Labute approximate surface area is 165 Å². The molecule has 0 spiro atoms. The summed E-state index contributed by atoms with van der Waals surface area (Å²) < 4.78 is 29.6. The number of hydrogen-bond donors (Lipinski definition) is 0. The number of rotatable bonds is 6. The van der Waals surface area contributed by atoms with Crippen LogP contribution in [0.2, 0.25) is 5.02 Å². The highest BCUT2D eigenvalue weighted by Crippen LogP contribution is 2.37. The molecule has 0 saturated heterocycles. The van der Waals surface area contributed by atoms with Crippen molar-refractivity contribution in [2.24, 2.45) is 0 Å². The molecular formula is C18H14Cl3FO4. The minimum atomic E-state index is -0.860. The first-order chi connectivity index (χ1) is 12.4. The van der Waals surface area contributed by atoms with E-state index in [-0.39, 0.29) is 28.5 Å². The van der Waals surface area contributed by atoms with E-state index in [0.717, 1.165) is 6.07 Å². The minimum Gasteiger partial charge on any atom is -0.497 e. The van der Waals surface area contributed by atoms with Crippen molar-refractivity contribution in [2.75, 3.05) is 13.7 Å². The van der Waals surface area contributed by atoms with Crippen LogP contribution in [-0.4, -0.2) is 19.7 Å². The molecule has 0 radical (unpaired) electrons. The predicted molar refractivity (Wildman–Crippen MR) is 99.7 cm³/mol. The molecule has 2 rings (SSSR count). The highest BCUT2D eigenvalue weighted by Gasteiger charge is 2.23. The average molecular weight is 420 g/mol. The van der Waals surface area contributed by atoms with E-state index in [9.17, 15) is 9.18 Å². The number of methoxy groups -OCH3 is 1. The zero-order valence-corrected chi connectivity index (χ0v) is 16.1. The number of carbonyl (C=O) groups excluding carboxylic acids is 1. The Kier molecular flexibility index (Phi) is 7.14. The monoisotopic (exact) mass is 418 g/mol. The van der Waals surface area contributed by atoms with Crippen LogP contribution >= 0.6 is 34.8 Å². The van der Waals surface area contributed by atoms with E-state index in [1.165, 1.54) is 13.2 Å². The second kappa shape index (κ2) is 9.12. The molecule has 0 aromatic heterocycles. The molecule has 26 heavy (non-hydrogen) atoms. The Morgan fingerprint density at radius 2 is 1.85 bits per heavy atom. The summed E-state index contributed by atoms with van der Waals surface area (Å²) >= 11 is 17.6. The number of ether oxygens (including phenoxy) is 3. The quantitative estimate of drug-likeness (QED) is 0.426. The van der Waals surface area contributed by atoms with Gasteiger partial charge in [0.05, 0.1) is 18.7 Å². The van der Waals surface area contributed by atoms with Gasteiger partial charge in [-0.3, -0.25) is 0 Å². The molecule has 2 aromatic rings. The first-order valence-corrected chi connectivity index (χ1v) is 8.54. The van der Waals surface area contributed by atoms with Gasteiger partial charge in [-0.05, 0) is 31.2 Å². The van der Waals surface area contributed by atoms with Crippen LogP contribution in [0.3, 0.4) is 0 Å². The van der Waals surface area contributed by atoms with Crippen LogP contribution < -0.4 is 9.47 Å². The van der Waals surface area contributed by atoms with Gasteiger partial charge in [-0.15, -0.1) is 0 Å². The Morgan fingerprint density at radius 1 is 1.15 bits per heavy atom. The van der Waals surface area contributed by atoms with Gasteiger partial charge in [0.15, 0.2) is 0 Å². The van der Waals surface area contributed by atoms with Gasteiger partial charge in [0.2, 0.25) is 0 Å². The van der Waals surface area contributed by atoms with Gasteiger partial charge >= 0.3 is 5.97 Å². The Balaban J connectivity index is 2.48. The SMILES string of the molecule is CCOC(=O)C(=C(Cl)Cl)c1cc(Oc2cccc(OC)c2)c(Cl)cc1F. The molecule has 4 nitrogen and oxygen atoms in total. The zero-order chi connectivity index (χ0) is 19.3. The highest BCUT2D eigenvalue weighted by atomic mass is 35.5. The molecule has 0 bridgehead atoms. The van der Waals surface area contributed by atoms with Crippen LogP contribution in [0.15, 0.2) is 40.9 Å². The van der Waals surface area contributed by atoms with Gasteiger partial charge < -0.3 is 14.2 Å². The van der Waals surface area contributed by atoms with Crippen molar-refractivity contribution in [3.05, 3.63) is 57.3 Å². The molecule has 0 unspecified atom stereocenters. The van der Waals surface area contributed by atoms with E-state index in [2.05, 4.69) is 0 Å². The summed E-state index contributed by atoms with van der Waals surface area (Å²) in [5.41, 5.74) is -0.509. The van der Waals surface area contributed by atoms with Crippen LogP contribution in [-0.2, 0) is 9.53 Å². The molecule has 138 valence electrons. The molecule has 0 saturated carbocycles. The van der Waals surface area contributed by atoms with E-state index in [0.29, 0.717) is 11.5 Å². The number of carbonyl (C=O) groups is 1. The van der Waals surface area contributed by atoms with Gasteiger partial charge in [-0.2, -0.15) is 0 Å². The lowest BCUT2D eigenvalue weighted by Gasteiger charge is -2.13. The Morgan fingerprint density at radius 3 is 2.46 bits per heavy atom. The van der Waals surface area contributed by atoms with E-state index in [4.69, 9.17) is 49.0 Å². The number of benzene rings is 2. The lowest BCUT2D eigenvalue weighted by Crippen LogP contribution is -2.09. The van der Waals surface area contributed by atoms with Gasteiger partial charge in [0.25, 0.3) is 0 Å². The summed E-state index contributed by atoms with van der Waals surface area (Å²) in [6.45, 7) is 1.68. The lowest BCUT2D eigenvalue weighted by atomic mass is 10.1. The first-order valence-electron chi connectivity index (χ1n) is 7.41. The maximum Gasteiger partial charge on any atom is 0.341 e. The third kappa shape index (κ3) is 4.81. The highest BCUT2D eigenvalue weighted by molar-refractivity contribution is 6.61. The van der Waals surface area contributed by atoms with Gasteiger partial charge in [0.1, 0.15) is 33.1 Å². The summed E-state index contributed by atoms with van der Waals surface area (Å²) in [5.74, 6) is -0.581. The van der Waals surface area contributed by atoms with Crippen LogP contribution in [0.25, 0.3) is 5.57 Å². The van der Waals surface area contributed by atoms with Gasteiger partial charge in [-0.1, -0.05) is 40.9 Å². The van der Waals surface area contributed by atoms with Crippen molar-refractivity contribution in [1.29, 1.82) is 0 Å². The van der Waals surface area contributed by atoms with Crippen LogP contribution in [0.5, 0.6) is 17.2 Å². The molecule has 0 heterocycles. The molecule has 0 fully saturated rings. The molecule has 0 aliphatic rings. The zero-order valence-electron chi connectivity index (χ0n) is 13.8. The van der Waals surface area contributed by atoms with E-state index in [1.807, 2.05) is 0 Å². The van der Waals surface area contributed by atoms with Crippen molar-refractivity contribution < 1.29 is 23.4 Å². The maximum atomic E-state index is 14.4. The molecule has 0 N–H and O–H groups in total. The lowest BCUT2D eigenvalue weighted by molar-refractivity contribution is -0.136. The first kappa shape index (κ1) is 20.4. The molecule has 0 atom stereocenters. The second-order valence-electron chi connectivity index (χ2n) is 4.90. The topological polar surface area (TPSA) is 44.8 Å². The summed E-state index contributed by atoms with van der Waals surface area (Å²) in [4.78, 5) is 12.1. The number of esters is 1. The van der Waals surface area contributed by atoms with Crippen molar-refractivity contribution in [3.63, 3.8) is 0 Å². The fourth-order valence-corrected chi connectivity index (χ4v) is 2.63. The molecule has 8 heteroatoms. The summed E-state index contributed by atoms with van der Waals surface area (Å²) in [6, 6.07) is 8.97. The van der Waals surface area contributed by atoms with Crippen LogP contribution in [0.4, 0.5) is 4.39 Å². The molecule has 0 aliphatic carbocycles. The van der Waals surface area contributed by atoms with E-state index < -0.39 is 16.3 Å². The van der Waals surface area contributed by atoms with Gasteiger partial charge in [0, 0.05) is 11.6 Å². The van der Waals surface area contributed by atoms with Crippen LogP contribution in [0.1, 0.15) is 12.5 Å². The fraction of sp³-hybridized carbons (Fsp3) is 0.167. The Bertz CT molecular complexity index is 848. The van der Waals surface area contributed by atoms with Crippen molar-refractivity contribution in [2.45, 2.75) is 6.92 Å². The van der Waals surface area contributed by atoms with Gasteiger partial charge in [-0.25, -0.2) is 9.18 Å². The van der Waals surface area contributed by atoms with E-state index in [1.54, 1.807) is 31.2 Å². The molecular weight excluding hydrogens is 406 g/mol. The summed E-state index contributed by atoms with van der Waals surface area (Å²) in [5, 5.41) is 0.00275. The van der Waals surface area contributed by atoms with Crippen molar-refractivity contribution in [1.82, 2.24) is 0 Å². The third-order valence-corrected chi connectivity index (χ3v) is 3.90. The third-order valence-electron chi connectivity index (χ3n) is 3.23. The smallest absolute Gasteiger partial charge is 0.341 e. The van der Waals surface area contributed by atoms with Crippen molar-refractivity contribution >= 4 is 46.3 Å². The number of hydrogen-bond acceptors (Lipinski definition) is 4. The summed E-state index contributed by atoms with van der Waals surface area (Å²) in [7, 11) is 1.51. The molecule has 0 aliphatic heterocycles. The minimum absolute atomic E-state index is 0.00275. The second-order valence-corrected chi connectivity index (χ2v) is 6.26. The van der Waals surface area contributed by atoms with Crippen LogP contribution in [0, 0.1) is 5.82 Å². The molecule has 0 amide bonds. The largest absolute Gasteiger partial charge is 0.497 e. The maximum absolute atomic E-state index is 14.4. The summed E-state index contributed by atoms with van der Waals surface area (Å²) in [6.07, 6.45) is 0. The Hall–Kier alpha value is -1.95. The number of halogens is 4.